The standard InChI is InChI=1S/C12H11O5/c13-9-15-10-17-12(14)16-8-4-7-11-5-2-1-3-6-11/h1-7H,8,10H2. The van der Waals surface area contributed by atoms with Crippen molar-refractivity contribution in [3.05, 3.63) is 42.0 Å². The average molecular weight is 235 g/mol. The van der Waals surface area contributed by atoms with Crippen LogP contribution in [0.3, 0.4) is 0 Å². The Hall–Kier alpha value is -2.30. The maximum Gasteiger partial charge on any atom is 0.511 e. The Bertz CT molecular complexity index is 372. The maximum atomic E-state index is 10.8. The highest BCUT2D eigenvalue weighted by molar-refractivity contribution is 5.60. The second-order valence-corrected chi connectivity index (χ2v) is 2.86. The molecule has 0 saturated heterocycles. The minimum absolute atomic E-state index is 0.0819. The Kier molecular flexibility index (Phi) is 5.95. The van der Waals surface area contributed by atoms with E-state index in [1.165, 1.54) is 0 Å². The molecule has 1 rings (SSSR count). The van der Waals surface area contributed by atoms with Crippen LogP contribution < -0.4 is 0 Å². The van der Waals surface area contributed by atoms with Gasteiger partial charge < -0.3 is 14.2 Å². The Labute approximate surface area is 98.6 Å². The van der Waals surface area contributed by atoms with Crippen molar-refractivity contribution in [1.82, 2.24) is 0 Å². The largest absolute Gasteiger partial charge is 0.511 e. The van der Waals surface area contributed by atoms with Crippen LogP contribution in [0.25, 0.3) is 6.08 Å². The highest BCUT2D eigenvalue weighted by Crippen LogP contribution is 2.00. The minimum Gasteiger partial charge on any atom is -0.430 e. The summed E-state index contributed by atoms with van der Waals surface area (Å²) in [5.74, 6) is 0. The van der Waals surface area contributed by atoms with E-state index in [1.54, 1.807) is 6.08 Å². The van der Waals surface area contributed by atoms with E-state index in [2.05, 4.69) is 14.2 Å². The van der Waals surface area contributed by atoms with E-state index in [1.807, 2.05) is 36.4 Å². The van der Waals surface area contributed by atoms with Crippen molar-refractivity contribution in [3.63, 3.8) is 0 Å². The molecule has 0 heterocycles. The number of carbonyl (C=O) groups is 1. The number of rotatable bonds is 6. The van der Waals surface area contributed by atoms with E-state index in [0.717, 1.165) is 12.0 Å². The normalized spacial score (nSPS) is 9.88. The van der Waals surface area contributed by atoms with Gasteiger partial charge in [-0.2, -0.15) is 0 Å². The predicted molar refractivity (Wildman–Crippen MR) is 59.6 cm³/mol. The molecule has 0 N–H and O–H groups in total. The molecule has 0 unspecified atom stereocenters. The van der Waals surface area contributed by atoms with Crippen LogP contribution in [0.5, 0.6) is 0 Å². The van der Waals surface area contributed by atoms with E-state index in [9.17, 15) is 9.59 Å². The van der Waals surface area contributed by atoms with E-state index in [0.29, 0.717) is 0 Å². The summed E-state index contributed by atoms with van der Waals surface area (Å²) >= 11 is 0. The summed E-state index contributed by atoms with van der Waals surface area (Å²) in [5, 5.41) is 0. The van der Waals surface area contributed by atoms with E-state index >= 15 is 0 Å². The van der Waals surface area contributed by atoms with Crippen LogP contribution in [0.1, 0.15) is 5.56 Å². The highest BCUT2D eigenvalue weighted by atomic mass is 16.8. The van der Waals surface area contributed by atoms with Gasteiger partial charge in [0.1, 0.15) is 6.61 Å². The number of benzene rings is 1. The molecule has 0 fully saturated rings. The molecule has 5 heteroatoms. The van der Waals surface area contributed by atoms with Gasteiger partial charge in [-0.1, -0.05) is 36.4 Å². The van der Waals surface area contributed by atoms with Crippen LogP contribution >= 0.6 is 0 Å². The summed E-state index contributed by atoms with van der Waals surface area (Å²) in [4.78, 5) is 20.5. The zero-order valence-electron chi connectivity index (χ0n) is 9.00. The Balaban J connectivity index is 2.17. The number of hydrogen-bond acceptors (Lipinski definition) is 5. The van der Waals surface area contributed by atoms with Crippen molar-refractivity contribution in [3.8, 4) is 0 Å². The Morgan fingerprint density at radius 3 is 2.71 bits per heavy atom. The first-order valence-electron chi connectivity index (χ1n) is 4.83. The summed E-state index contributed by atoms with van der Waals surface area (Å²) in [5.41, 5.74) is 1.00. The van der Waals surface area contributed by atoms with Gasteiger partial charge in [-0.25, -0.2) is 9.59 Å². The third-order valence-corrected chi connectivity index (χ3v) is 1.70. The summed E-state index contributed by atoms with van der Waals surface area (Å²) in [7, 11) is 0. The average Bonchev–Trinajstić information content (AvgIpc) is 2.36. The highest BCUT2D eigenvalue weighted by Gasteiger charge is 2.01. The third kappa shape index (κ3) is 5.99. The van der Waals surface area contributed by atoms with Gasteiger partial charge >= 0.3 is 12.6 Å². The molecule has 0 aliphatic rings. The first kappa shape index (κ1) is 12.8. The molecule has 0 atom stereocenters. The summed E-state index contributed by atoms with van der Waals surface area (Å²) in [6, 6.07) is 9.56. The van der Waals surface area contributed by atoms with Gasteiger partial charge in [-0.15, -0.1) is 0 Å². The lowest BCUT2D eigenvalue weighted by atomic mass is 10.2. The van der Waals surface area contributed by atoms with Crippen LogP contribution in [-0.2, 0) is 19.0 Å². The van der Waals surface area contributed by atoms with Crippen LogP contribution in [0.4, 0.5) is 4.79 Å². The van der Waals surface area contributed by atoms with Gasteiger partial charge in [-0.05, 0) is 11.6 Å². The fourth-order valence-corrected chi connectivity index (χ4v) is 1.01. The van der Waals surface area contributed by atoms with E-state index in [4.69, 9.17) is 0 Å². The lowest BCUT2D eigenvalue weighted by Gasteiger charge is -2.01. The van der Waals surface area contributed by atoms with E-state index < -0.39 is 12.9 Å². The summed E-state index contributed by atoms with van der Waals surface area (Å²) in [6.45, 7) is 0.702. The second kappa shape index (κ2) is 7.92. The van der Waals surface area contributed by atoms with Crippen LogP contribution in [-0.4, -0.2) is 26.0 Å². The van der Waals surface area contributed by atoms with Crippen molar-refractivity contribution in [1.29, 1.82) is 0 Å². The first-order chi connectivity index (χ1) is 8.33. The van der Waals surface area contributed by atoms with Gasteiger partial charge in [0.15, 0.2) is 0 Å². The van der Waals surface area contributed by atoms with Gasteiger partial charge in [0.05, 0.1) is 0 Å². The molecule has 0 amide bonds. The zero-order chi connectivity index (χ0) is 12.3. The maximum absolute atomic E-state index is 10.8. The van der Waals surface area contributed by atoms with Crippen molar-refractivity contribution in [2.75, 3.05) is 13.4 Å². The van der Waals surface area contributed by atoms with Crippen molar-refractivity contribution < 1.29 is 23.8 Å². The molecule has 5 nitrogen and oxygen atoms in total. The molecule has 17 heavy (non-hydrogen) atoms. The van der Waals surface area contributed by atoms with E-state index in [-0.39, 0.29) is 6.61 Å². The van der Waals surface area contributed by atoms with Gasteiger partial charge in [0, 0.05) is 0 Å². The molecule has 0 aliphatic heterocycles. The topological polar surface area (TPSA) is 61.8 Å². The van der Waals surface area contributed by atoms with Crippen LogP contribution in [0.2, 0.25) is 0 Å². The SMILES string of the molecule is O=[C]OCOC(=O)OCC=Cc1ccccc1. The molecule has 1 aromatic rings. The Morgan fingerprint density at radius 2 is 2.00 bits per heavy atom. The third-order valence-electron chi connectivity index (χ3n) is 1.70. The van der Waals surface area contributed by atoms with Gasteiger partial charge in [0.25, 0.3) is 0 Å². The molecule has 0 spiro atoms. The number of carbonyl (C=O) groups excluding carboxylic acids is 2. The quantitative estimate of drug-likeness (QED) is 0.428. The lowest BCUT2D eigenvalue weighted by Crippen LogP contribution is -2.09. The fourth-order valence-electron chi connectivity index (χ4n) is 1.01. The monoisotopic (exact) mass is 235 g/mol. The first-order valence-corrected chi connectivity index (χ1v) is 4.83. The number of ether oxygens (including phenoxy) is 3. The molecule has 0 bridgehead atoms. The molecular weight excluding hydrogens is 224 g/mol. The second-order valence-electron chi connectivity index (χ2n) is 2.86. The van der Waals surface area contributed by atoms with Crippen molar-refractivity contribution >= 4 is 18.7 Å². The summed E-state index contributed by atoms with van der Waals surface area (Å²) < 4.78 is 13.0. The number of hydrogen-bond donors (Lipinski definition) is 0. The van der Waals surface area contributed by atoms with Crippen molar-refractivity contribution in [2.45, 2.75) is 0 Å². The van der Waals surface area contributed by atoms with Crippen LogP contribution in [0, 0.1) is 0 Å². The summed E-state index contributed by atoms with van der Waals surface area (Å²) in [6.07, 6.45) is 2.57. The predicted octanol–water partition coefficient (Wildman–Crippen LogP) is 1.89. The fraction of sp³-hybridized carbons (Fsp3) is 0.167. The molecule has 1 radical (unpaired) electrons. The smallest absolute Gasteiger partial charge is 0.430 e. The van der Waals surface area contributed by atoms with Gasteiger partial charge in [-0.3, -0.25) is 0 Å². The van der Waals surface area contributed by atoms with Gasteiger partial charge in [0.2, 0.25) is 6.79 Å². The Morgan fingerprint density at radius 1 is 1.24 bits per heavy atom. The zero-order valence-corrected chi connectivity index (χ0v) is 9.00. The molecular formula is C12H11O5. The lowest BCUT2D eigenvalue weighted by molar-refractivity contribution is 0.00350. The van der Waals surface area contributed by atoms with Crippen LogP contribution in [0.15, 0.2) is 36.4 Å². The minimum atomic E-state index is -0.905. The molecule has 0 aliphatic carbocycles. The molecule has 0 saturated carbocycles. The molecule has 0 aromatic heterocycles. The van der Waals surface area contributed by atoms with Crippen molar-refractivity contribution in [2.24, 2.45) is 0 Å². The molecule has 89 valence electrons. The molecule has 1 aromatic carbocycles.